The molecule has 0 unspecified atom stereocenters. The molecule has 0 aliphatic carbocycles. The van der Waals surface area contributed by atoms with Crippen LogP contribution in [-0.2, 0) is 14.8 Å². The van der Waals surface area contributed by atoms with E-state index in [1.54, 1.807) is 55.5 Å². The highest BCUT2D eigenvalue weighted by Gasteiger charge is 2.23. The van der Waals surface area contributed by atoms with E-state index >= 15 is 0 Å². The third-order valence-corrected chi connectivity index (χ3v) is 4.70. The van der Waals surface area contributed by atoms with E-state index in [0.717, 1.165) is 10.6 Å². The number of carbonyl (C=O) groups excluding carboxylic acids is 1. The summed E-state index contributed by atoms with van der Waals surface area (Å²) in [6.07, 6.45) is 1.06. The maximum absolute atomic E-state index is 12.4. The molecule has 0 aromatic heterocycles. The zero-order chi connectivity index (χ0) is 19.9. The summed E-state index contributed by atoms with van der Waals surface area (Å²) in [7, 11) is -3.69. The summed E-state index contributed by atoms with van der Waals surface area (Å²) in [5.41, 5.74) is 0.874. The van der Waals surface area contributed by atoms with Gasteiger partial charge in [0.1, 0.15) is 18.0 Å². The van der Waals surface area contributed by atoms with Crippen molar-refractivity contribution in [3.63, 3.8) is 0 Å². The Morgan fingerprint density at radius 2 is 1.63 bits per heavy atom. The Hall–Kier alpha value is -2.74. The fraction of sp³-hybridized carbons (Fsp3) is 0.316. The molecule has 0 aliphatic heterocycles. The summed E-state index contributed by atoms with van der Waals surface area (Å²) in [6.45, 7) is 4.26. The van der Waals surface area contributed by atoms with E-state index < -0.39 is 15.9 Å². The number of benzene rings is 2. The van der Waals surface area contributed by atoms with Crippen LogP contribution in [0.3, 0.4) is 0 Å². The van der Waals surface area contributed by atoms with Crippen LogP contribution in [-0.4, -0.2) is 40.3 Å². The second-order valence-corrected chi connectivity index (χ2v) is 7.58. The maximum atomic E-state index is 12.4. The van der Waals surface area contributed by atoms with Crippen LogP contribution in [0.4, 0.5) is 11.4 Å². The van der Waals surface area contributed by atoms with E-state index in [1.165, 1.54) is 0 Å². The van der Waals surface area contributed by atoms with Crippen LogP contribution in [0.1, 0.15) is 13.8 Å². The quantitative estimate of drug-likeness (QED) is 0.709. The van der Waals surface area contributed by atoms with Crippen molar-refractivity contribution in [2.45, 2.75) is 13.8 Å². The molecule has 8 heteroatoms. The molecule has 27 heavy (non-hydrogen) atoms. The summed E-state index contributed by atoms with van der Waals surface area (Å²) >= 11 is 0. The van der Waals surface area contributed by atoms with Crippen molar-refractivity contribution in [3.8, 4) is 11.5 Å². The molecule has 0 aliphatic rings. The highest BCUT2D eigenvalue weighted by atomic mass is 32.2. The van der Waals surface area contributed by atoms with Crippen LogP contribution in [0.5, 0.6) is 11.5 Å². The number of para-hydroxylation sites is 2. The molecule has 0 spiro atoms. The fourth-order valence-electron chi connectivity index (χ4n) is 2.45. The topological polar surface area (TPSA) is 84.9 Å². The van der Waals surface area contributed by atoms with Gasteiger partial charge in [0.2, 0.25) is 15.9 Å². The molecule has 0 atom stereocenters. The molecule has 0 bridgehead atoms. The van der Waals surface area contributed by atoms with Crippen molar-refractivity contribution in [3.05, 3.63) is 48.5 Å². The van der Waals surface area contributed by atoms with E-state index in [2.05, 4.69) is 5.32 Å². The summed E-state index contributed by atoms with van der Waals surface area (Å²) in [5, 5.41) is 2.69. The number of ether oxygens (including phenoxy) is 2. The highest BCUT2D eigenvalue weighted by Crippen LogP contribution is 2.29. The number of amides is 1. The number of carbonyl (C=O) groups is 1. The molecular formula is C19H24N2O5S. The lowest BCUT2D eigenvalue weighted by molar-refractivity contribution is -0.114. The Morgan fingerprint density at radius 3 is 2.22 bits per heavy atom. The molecule has 2 aromatic carbocycles. The molecule has 0 heterocycles. The minimum atomic E-state index is -3.69. The van der Waals surface area contributed by atoms with Crippen LogP contribution in [0.15, 0.2) is 48.5 Å². The van der Waals surface area contributed by atoms with E-state index in [1.807, 2.05) is 6.92 Å². The van der Waals surface area contributed by atoms with Gasteiger partial charge in [0.15, 0.2) is 0 Å². The van der Waals surface area contributed by atoms with Crippen molar-refractivity contribution in [1.82, 2.24) is 0 Å². The van der Waals surface area contributed by atoms with Gasteiger partial charge < -0.3 is 14.8 Å². The summed E-state index contributed by atoms with van der Waals surface area (Å²) in [6, 6.07) is 13.6. The second-order valence-electron chi connectivity index (χ2n) is 5.68. The van der Waals surface area contributed by atoms with Crippen molar-refractivity contribution in [1.29, 1.82) is 0 Å². The predicted molar refractivity (Wildman–Crippen MR) is 106 cm³/mol. The SMILES string of the molecule is CCOc1ccc(NC(=O)CN(c2ccccc2OCC)S(C)(=O)=O)cc1. The molecule has 2 aromatic rings. The van der Waals surface area contributed by atoms with Crippen LogP contribution in [0.2, 0.25) is 0 Å². The molecule has 0 fully saturated rings. The Labute approximate surface area is 160 Å². The third kappa shape index (κ3) is 5.89. The zero-order valence-corrected chi connectivity index (χ0v) is 16.5. The third-order valence-electron chi connectivity index (χ3n) is 3.57. The zero-order valence-electron chi connectivity index (χ0n) is 15.6. The van der Waals surface area contributed by atoms with Crippen molar-refractivity contribution >= 4 is 27.3 Å². The highest BCUT2D eigenvalue weighted by molar-refractivity contribution is 7.92. The van der Waals surface area contributed by atoms with Crippen molar-refractivity contribution in [2.24, 2.45) is 0 Å². The first-order valence-corrected chi connectivity index (χ1v) is 10.4. The van der Waals surface area contributed by atoms with Crippen LogP contribution >= 0.6 is 0 Å². The molecule has 1 amide bonds. The molecule has 7 nitrogen and oxygen atoms in total. The Bertz CT molecular complexity index is 866. The fourth-order valence-corrected chi connectivity index (χ4v) is 3.31. The lowest BCUT2D eigenvalue weighted by atomic mass is 10.3. The number of nitrogens with one attached hydrogen (secondary N) is 1. The van der Waals surface area contributed by atoms with E-state index in [9.17, 15) is 13.2 Å². The van der Waals surface area contributed by atoms with Crippen molar-refractivity contribution in [2.75, 3.05) is 35.6 Å². The van der Waals surface area contributed by atoms with Gasteiger partial charge >= 0.3 is 0 Å². The summed E-state index contributed by atoms with van der Waals surface area (Å²) < 4.78 is 36.4. The molecule has 2 rings (SSSR count). The first-order chi connectivity index (χ1) is 12.8. The molecule has 0 saturated heterocycles. The Kier molecular flexibility index (Phi) is 7.06. The first kappa shape index (κ1) is 20.6. The Morgan fingerprint density at radius 1 is 1.00 bits per heavy atom. The van der Waals surface area contributed by atoms with E-state index in [-0.39, 0.29) is 6.54 Å². The van der Waals surface area contributed by atoms with Gasteiger partial charge in [-0.1, -0.05) is 12.1 Å². The average molecular weight is 392 g/mol. The minimum Gasteiger partial charge on any atom is -0.494 e. The van der Waals surface area contributed by atoms with Gasteiger partial charge in [0.25, 0.3) is 0 Å². The normalized spacial score (nSPS) is 10.9. The number of nitrogens with zero attached hydrogens (tertiary/aromatic N) is 1. The average Bonchev–Trinajstić information content (AvgIpc) is 2.62. The number of anilines is 2. The lowest BCUT2D eigenvalue weighted by Crippen LogP contribution is -2.37. The molecule has 0 saturated carbocycles. The van der Waals surface area contributed by atoms with Crippen LogP contribution < -0.4 is 19.1 Å². The largest absolute Gasteiger partial charge is 0.494 e. The van der Waals surface area contributed by atoms with Crippen molar-refractivity contribution < 1.29 is 22.7 Å². The lowest BCUT2D eigenvalue weighted by Gasteiger charge is -2.24. The van der Waals surface area contributed by atoms with Crippen LogP contribution in [0, 0.1) is 0 Å². The smallest absolute Gasteiger partial charge is 0.245 e. The van der Waals surface area contributed by atoms with Gasteiger partial charge in [0.05, 0.1) is 25.2 Å². The number of rotatable bonds is 9. The van der Waals surface area contributed by atoms with E-state index in [4.69, 9.17) is 9.47 Å². The summed E-state index contributed by atoms with van der Waals surface area (Å²) in [4.78, 5) is 12.4. The summed E-state index contributed by atoms with van der Waals surface area (Å²) in [5.74, 6) is 0.633. The Balaban J connectivity index is 2.18. The van der Waals surface area contributed by atoms with Gasteiger partial charge in [-0.2, -0.15) is 0 Å². The molecule has 0 radical (unpaired) electrons. The minimum absolute atomic E-state index is 0.323. The van der Waals surface area contributed by atoms with Gasteiger partial charge in [-0.3, -0.25) is 9.10 Å². The van der Waals surface area contributed by atoms with Gasteiger partial charge in [-0.15, -0.1) is 0 Å². The van der Waals surface area contributed by atoms with E-state index in [0.29, 0.717) is 36.1 Å². The second kappa shape index (κ2) is 9.27. The van der Waals surface area contributed by atoms with Gasteiger partial charge in [0, 0.05) is 5.69 Å². The molecular weight excluding hydrogens is 368 g/mol. The standard InChI is InChI=1S/C19H24N2O5S/c1-4-25-16-12-10-15(11-13-16)20-19(22)14-21(27(3,23)24)17-8-6-7-9-18(17)26-5-2/h6-13H,4-5,14H2,1-3H3,(H,20,22). The van der Waals surface area contributed by atoms with Gasteiger partial charge in [-0.25, -0.2) is 8.42 Å². The number of sulfonamides is 1. The molecule has 1 N–H and O–H groups in total. The maximum Gasteiger partial charge on any atom is 0.245 e. The monoisotopic (exact) mass is 392 g/mol. The molecule has 146 valence electrons. The predicted octanol–water partition coefficient (Wildman–Crippen LogP) is 2.89. The first-order valence-electron chi connectivity index (χ1n) is 8.57. The van der Waals surface area contributed by atoms with Crippen LogP contribution in [0.25, 0.3) is 0 Å². The number of hydrogen-bond acceptors (Lipinski definition) is 5. The number of hydrogen-bond donors (Lipinski definition) is 1. The van der Waals surface area contributed by atoms with Gasteiger partial charge in [-0.05, 0) is 50.2 Å².